The molecule has 0 aliphatic carbocycles. The van der Waals surface area contributed by atoms with E-state index in [-0.39, 0.29) is 21.6 Å². The molecule has 0 atom stereocenters. The van der Waals surface area contributed by atoms with E-state index in [1.165, 1.54) is 11.6 Å². The fourth-order valence-electron chi connectivity index (χ4n) is 1.96. The van der Waals surface area contributed by atoms with Crippen molar-refractivity contribution >= 4 is 22.4 Å². The van der Waals surface area contributed by atoms with E-state index < -0.39 is 11.7 Å². The summed E-state index contributed by atoms with van der Waals surface area (Å²) in [5.41, 5.74) is -0.572. The Kier molecular flexibility index (Phi) is 2.60. The number of rotatable bonds is 1. The second-order valence-electron chi connectivity index (χ2n) is 3.93. The Morgan fingerprint density at radius 1 is 1.16 bits per heavy atom. The van der Waals surface area contributed by atoms with Crippen molar-refractivity contribution in [3.05, 3.63) is 40.8 Å². The van der Waals surface area contributed by atoms with Crippen molar-refractivity contribution in [3.8, 4) is 11.1 Å². The number of halogens is 4. The van der Waals surface area contributed by atoms with Crippen molar-refractivity contribution in [3.63, 3.8) is 0 Å². The van der Waals surface area contributed by atoms with Gasteiger partial charge >= 0.3 is 6.18 Å². The Morgan fingerprint density at radius 2 is 1.95 bits per heavy atom. The van der Waals surface area contributed by atoms with Crippen LogP contribution in [0.15, 0.2) is 35.3 Å². The maximum Gasteiger partial charge on any atom is 0.417 e. The summed E-state index contributed by atoms with van der Waals surface area (Å²) >= 11 is 0.934. The highest BCUT2D eigenvalue weighted by Gasteiger charge is 2.35. The van der Waals surface area contributed by atoms with Gasteiger partial charge in [0.05, 0.1) is 5.56 Å². The lowest BCUT2D eigenvalue weighted by molar-refractivity contribution is -0.136. The summed E-state index contributed by atoms with van der Waals surface area (Å²) in [7, 11) is 0. The number of aromatic nitrogens is 2. The quantitative estimate of drug-likeness (QED) is 0.601. The second kappa shape index (κ2) is 4.06. The Bertz CT molecular complexity index is 742. The molecule has 0 N–H and O–H groups in total. The first-order chi connectivity index (χ1) is 8.98. The maximum absolute atomic E-state index is 13.6. The highest BCUT2D eigenvalue weighted by atomic mass is 32.1. The summed E-state index contributed by atoms with van der Waals surface area (Å²) in [6.07, 6.45) is -2.04. The van der Waals surface area contributed by atoms with Crippen LogP contribution in [0.25, 0.3) is 22.2 Å². The maximum atomic E-state index is 13.6. The Hall–Kier alpha value is -1.89. The van der Waals surface area contributed by atoms with E-state index in [1.807, 2.05) is 0 Å². The summed E-state index contributed by atoms with van der Waals surface area (Å²) in [5.74, 6) is 0. The van der Waals surface area contributed by atoms with Gasteiger partial charge in [-0.3, -0.25) is 0 Å². The lowest BCUT2D eigenvalue weighted by Gasteiger charge is -2.06. The van der Waals surface area contributed by atoms with Crippen LogP contribution < -0.4 is 0 Å². The number of nitrogens with zero attached hydrogens (tertiary/aromatic N) is 2. The van der Waals surface area contributed by atoms with E-state index in [1.54, 1.807) is 12.1 Å². The van der Waals surface area contributed by atoms with Gasteiger partial charge in [0.15, 0.2) is 5.65 Å². The van der Waals surface area contributed by atoms with E-state index in [0.29, 0.717) is 5.39 Å². The van der Waals surface area contributed by atoms with Gasteiger partial charge in [0.1, 0.15) is 0 Å². The minimum Gasteiger partial charge on any atom is -0.236 e. The third-order valence-electron chi connectivity index (χ3n) is 2.78. The lowest BCUT2D eigenvalue weighted by atomic mass is 10.0. The third-order valence-corrected chi connectivity index (χ3v) is 3.52. The van der Waals surface area contributed by atoms with Crippen LogP contribution in [0, 0.1) is 0 Å². The third kappa shape index (κ3) is 1.90. The molecule has 3 rings (SSSR count). The predicted molar refractivity (Wildman–Crippen MR) is 64.6 cm³/mol. The molecule has 98 valence electrons. The van der Waals surface area contributed by atoms with E-state index in [2.05, 4.69) is 4.98 Å². The summed E-state index contributed by atoms with van der Waals surface area (Å²) in [5, 5.41) is 2.74. The average Bonchev–Trinajstić information content (AvgIpc) is 2.94. The van der Waals surface area contributed by atoms with Gasteiger partial charge < -0.3 is 0 Å². The number of hydrogen-bond acceptors (Lipinski definition) is 2. The summed E-state index contributed by atoms with van der Waals surface area (Å²) in [6, 6.07) is 3.11. The summed E-state index contributed by atoms with van der Waals surface area (Å²) in [4.78, 5) is 4.05. The van der Waals surface area contributed by atoms with Gasteiger partial charge in [0.2, 0.25) is 0 Å². The van der Waals surface area contributed by atoms with Crippen molar-refractivity contribution in [2.45, 2.75) is 6.18 Å². The van der Waals surface area contributed by atoms with Crippen LogP contribution in [0.3, 0.4) is 0 Å². The highest BCUT2D eigenvalue weighted by molar-refractivity contribution is 7.08. The zero-order chi connectivity index (χ0) is 13.6. The van der Waals surface area contributed by atoms with Crippen molar-refractivity contribution in [1.29, 1.82) is 0 Å². The highest BCUT2D eigenvalue weighted by Crippen LogP contribution is 2.41. The minimum atomic E-state index is -4.46. The van der Waals surface area contributed by atoms with Crippen molar-refractivity contribution < 1.29 is 17.7 Å². The molecule has 2 nitrogen and oxygen atoms in total. The Balaban J connectivity index is 2.29. The average molecular weight is 286 g/mol. The molecule has 0 radical (unpaired) electrons. The van der Waals surface area contributed by atoms with Gasteiger partial charge in [-0.05, 0) is 17.5 Å². The van der Waals surface area contributed by atoms with Crippen LogP contribution in [-0.2, 0) is 6.18 Å². The topological polar surface area (TPSA) is 17.8 Å². The molecule has 0 aromatic carbocycles. The fourth-order valence-corrected chi connectivity index (χ4v) is 2.82. The van der Waals surface area contributed by atoms with Crippen LogP contribution >= 0.6 is 11.3 Å². The molecule has 0 fully saturated rings. The van der Waals surface area contributed by atoms with Crippen LogP contribution in [-0.4, -0.2) is 9.77 Å². The van der Waals surface area contributed by atoms with Crippen molar-refractivity contribution in [2.75, 3.05) is 0 Å². The first kappa shape index (κ1) is 12.2. The van der Waals surface area contributed by atoms with Crippen LogP contribution in [0.2, 0.25) is 0 Å². The van der Waals surface area contributed by atoms with Crippen LogP contribution in [0.1, 0.15) is 5.56 Å². The number of pyridine rings is 1. The van der Waals surface area contributed by atoms with Gasteiger partial charge in [-0.1, -0.05) is 4.48 Å². The normalized spacial score (nSPS) is 12.2. The van der Waals surface area contributed by atoms with E-state index in [4.69, 9.17) is 0 Å². The van der Waals surface area contributed by atoms with Gasteiger partial charge in [-0.25, -0.2) is 4.98 Å². The molecule has 3 aromatic rings. The number of alkyl halides is 3. The smallest absolute Gasteiger partial charge is 0.236 e. The SMILES string of the molecule is Fn1cc(-c2cscc2C(F)(F)F)c2cccnc21. The number of thiophene rings is 1. The standard InChI is InChI=1S/C12H6F4N2S/c13-12(14,15)10-6-19-5-9(10)8-4-18(16)11-7(8)2-1-3-17-11/h1-6H. The zero-order valence-electron chi connectivity index (χ0n) is 9.28. The molecule has 7 heteroatoms. The molecule has 3 heterocycles. The van der Waals surface area contributed by atoms with Crippen molar-refractivity contribution in [2.24, 2.45) is 0 Å². The fraction of sp³-hybridized carbons (Fsp3) is 0.0833. The Morgan fingerprint density at radius 3 is 2.68 bits per heavy atom. The molecule has 0 amide bonds. The molecule has 0 aliphatic rings. The summed E-state index contributed by atoms with van der Waals surface area (Å²) < 4.78 is 52.2. The van der Waals surface area contributed by atoms with E-state index >= 15 is 0 Å². The Labute approximate surface area is 108 Å². The molecule has 0 saturated carbocycles. The molecular weight excluding hydrogens is 280 g/mol. The monoisotopic (exact) mass is 286 g/mol. The van der Waals surface area contributed by atoms with Gasteiger partial charge in [0.25, 0.3) is 0 Å². The first-order valence-electron chi connectivity index (χ1n) is 5.24. The predicted octanol–water partition coefficient (Wildman–Crippen LogP) is 4.52. The van der Waals surface area contributed by atoms with Crippen LogP contribution in [0.5, 0.6) is 0 Å². The largest absolute Gasteiger partial charge is 0.417 e. The van der Waals surface area contributed by atoms with Gasteiger partial charge in [-0.15, -0.1) is 0 Å². The summed E-state index contributed by atoms with van der Waals surface area (Å²) in [6.45, 7) is 0. The molecule has 0 bridgehead atoms. The number of fused-ring (bicyclic) bond motifs is 1. The van der Waals surface area contributed by atoms with Crippen LogP contribution in [0.4, 0.5) is 17.7 Å². The molecule has 0 unspecified atom stereocenters. The second-order valence-corrected chi connectivity index (χ2v) is 4.67. The van der Waals surface area contributed by atoms with Gasteiger partial charge in [0, 0.05) is 34.3 Å². The van der Waals surface area contributed by atoms with Gasteiger partial charge in [-0.2, -0.15) is 29.3 Å². The molecule has 0 aliphatic heterocycles. The zero-order valence-corrected chi connectivity index (χ0v) is 10.1. The van der Waals surface area contributed by atoms with E-state index in [0.717, 1.165) is 22.9 Å². The number of hydrogen-bond donors (Lipinski definition) is 0. The molecule has 0 spiro atoms. The molecular formula is C12H6F4N2S. The first-order valence-corrected chi connectivity index (χ1v) is 6.19. The van der Waals surface area contributed by atoms with Crippen molar-refractivity contribution in [1.82, 2.24) is 9.77 Å². The minimum absolute atomic E-state index is 0.0109. The molecule has 3 aromatic heterocycles. The molecule has 19 heavy (non-hydrogen) atoms. The lowest BCUT2D eigenvalue weighted by Crippen LogP contribution is -2.04. The van der Waals surface area contributed by atoms with E-state index in [9.17, 15) is 17.7 Å². The molecule has 0 saturated heterocycles.